The second-order valence-electron chi connectivity index (χ2n) is 3.66. The first-order valence-corrected chi connectivity index (χ1v) is 5.01. The lowest BCUT2D eigenvalue weighted by molar-refractivity contribution is 0.174. The third-order valence-electron chi connectivity index (χ3n) is 2.49. The largest absolute Gasteiger partial charge is 0.385 e. The number of halogens is 1. The lowest BCUT2D eigenvalue weighted by Crippen LogP contribution is -2.22. The summed E-state index contributed by atoms with van der Waals surface area (Å²) in [6.07, 6.45) is 2.36. The minimum absolute atomic E-state index is 0.148. The number of aromatic nitrogens is 1. The zero-order valence-electron chi connectivity index (χ0n) is 9.11. The molecule has 1 heterocycles. The molecule has 15 heavy (non-hydrogen) atoms. The molecule has 0 aromatic carbocycles. The summed E-state index contributed by atoms with van der Waals surface area (Å²) in [5.41, 5.74) is 6.26. The zero-order valence-corrected chi connectivity index (χ0v) is 9.11. The van der Waals surface area contributed by atoms with Crippen LogP contribution >= 0.6 is 0 Å². The van der Waals surface area contributed by atoms with Gasteiger partial charge in [-0.3, -0.25) is 4.98 Å². The van der Waals surface area contributed by atoms with Crippen LogP contribution < -0.4 is 5.73 Å². The topological polar surface area (TPSA) is 48.1 Å². The summed E-state index contributed by atoms with van der Waals surface area (Å²) < 4.78 is 18.3. The van der Waals surface area contributed by atoms with Crippen molar-refractivity contribution in [2.75, 3.05) is 13.7 Å². The Morgan fingerprint density at radius 2 is 2.33 bits per heavy atom. The molecule has 0 aliphatic heterocycles. The molecular formula is C11H17FN2O. The molecule has 84 valence electrons. The number of hydrogen-bond donors (Lipinski definition) is 1. The summed E-state index contributed by atoms with van der Waals surface area (Å²) in [5.74, 6) is -0.191. The number of rotatable bonds is 5. The van der Waals surface area contributed by atoms with Gasteiger partial charge in [0.2, 0.25) is 0 Å². The molecule has 0 radical (unpaired) electrons. The Hall–Kier alpha value is -1.00. The number of methoxy groups -OCH3 is 1. The van der Waals surface area contributed by atoms with E-state index in [-0.39, 0.29) is 17.8 Å². The fourth-order valence-corrected chi connectivity index (χ4v) is 1.40. The first-order chi connectivity index (χ1) is 7.16. The highest BCUT2D eigenvalue weighted by Gasteiger charge is 2.18. The molecule has 0 fully saturated rings. The van der Waals surface area contributed by atoms with Crippen molar-refractivity contribution in [1.82, 2.24) is 4.98 Å². The normalized spacial score (nSPS) is 14.9. The highest BCUT2D eigenvalue weighted by Crippen LogP contribution is 2.22. The molecule has 0 saturated carbocycles. The average molecular weight is 212 g/mol. The number of hydrogen-bond acceptors (Lipinski definition) is 3. The Morgan fingerprint density at radius 3 is 2.93 bits per heavy atom. The third-order valence-corrected chi connectivity index (χ3v) is 2.49. The van der Waals surface area contributed by atoms with Crippen molar-refractivity contribution >= 4 is 0 Å². The number of nitrogens with two attached hydrogens (primary N) is 1. The second-order valence-corrected chi connectivity index (χ2v) is 3.66. The lowest BCUT2D eigenvalue weighted by Gasteiger charge is -2.19. The quantitative estimate of drug-likeness (QED) is 0.810. The van der Waals surface area contributed by atoms with Gasteiger partial charge in [-0.15, -0.1) is 0 Å². The van der Waals surface area contributed by atoms with E-state index in [0.29, 0.717) is 12.3 Å². The molecular weight excluding hydrogens is 195 g/mol. The smallest absolute Gasteiger partial charge is 0.146 e. The van der Waals surface area contributed by atoms with Gasteiger partial charge in [0.25, 0.3) is 0 Å². The Morgan fingerprint density at radius 1 is 1.60 bits per heavy atom. The van der Waals surface area contributed by atoms with E-state index in [9.17, 15) is 4.39 Å². The molecule has 1 aromatic heterocycles. The summed E-state index contributed by atoms with van der Waals surface area (Å²) in [6, 6.07) is 2.57. The number of ether oxygens (including phenoxy) is 1. The van der Waals surface area contributed by atoms with E-state index in [4.69, 9.17) is 10.5 Å². The first kappa shape index (κ1) is 12.1. The van der Waals surface area contributed by atoms with Crippen LogP contribution in [0.2, 0.25) is 0 Å². The Balaban J connectivity index is 2.67. The third kappa shape index (κ3) is 3.25. The SMILES string of the molecule is COCCC(C)C(N)c1ncccc1F. The monoisotopic (exact) mass is 212 g/mol. The maximum absolute atomic E-state index is 13.3. The van der Waals surface area contributed by atoms with E-state index in [1.807, 2.05) is 6.92 Å². The molecule has 1 aromatic rings. The van der Waals surface area contributed by atoms with Gasteiger partial charge in [0.1, 0.15) is 5.82 Å². The summed E-state index contributed by atoms with van der Waals surface area (Å²) >= 11 is 0. The van der Waals surface area contributed by atoms with Gasteiger partial charge < -0.3 is 10.5 Å². The van der Waals surface area contributed by atoms with E-state index in [1.54, 1.807) is 19.4 Å². The van der Waals surface area contributed by atoms with Crippen molar-refractivity contribution in [3.8, 4) is 0 Å². The van der Waals surface area contributed by atoms with Crippen molar-refractivity contribution in [3.63, 3.8) is 0 Å². The van der Waals surface area contributed by atoms with Gasteiger partial charge in [0, 0.05) is 19.9 Å². The van der Waals surface area contributed by atoms with Crippen LogP contribution in [0, 0.1) is 11.7 Å². The van der Waals surface area contributed by atoms with Crippen molar-refractivity contribution in [1.29, 1.82) is 0 Å². The van der Waals surface area contributed by atoms with Crippen LogP contribution in [-0.4, -0.2) is 18.7 Å². The van der Waals surface area contributed by atoms with Crippen LogP contribution in [0.1, 0.15) is 25.1 Å². The van der Waals surface area contributed by atoms with Gasteiger partial charge in [-0.2, -0.15) is 0 Å². The summed E-state index contributed by atoms with van der Waals surface area (Å²) in [4.78, 5) is 3.97. The van der Waals surface area contributed by atoms with Crippen LogP contribution in [0.3, 0.4) is 0 Å². The molecule has 1 rings (SSSR count). The van der Waals surface area contributed by atoms with Gasteiger partial charge in [0.15, 0.2) is 0 Å². The highest BCUT2D eigenvalue weighted by molar-refractivity contribution is 5.11. The van der Waals surface area contributed by atoms with Crippen molar-refractivity contribution in [2.45, 2.75) is 19.4 Å². The maximum Gasteiger partial charge on any atom is 0.146 e. The average Bonchev–Trinajstić information content (AvgIpc) is 2.25. The van der Waals surface area contributed by atoms with Crippen LogP contribution in [0.15, 0.2) is 18.3 Å². The fraction of sp³-hybridized carbons (Fsp3) is 0.545. The molecule has 0 spiro atoms. The van der Waals surface area contributed by atoms with E-state index < -0.39 is 0 Å². The minimum Gasteiger partial charge on any atom is -0.385 e. The van der Waals surface area contributed by atoms with E-state index >= 15 is 0 Å². The maximum atomic E-state index is 13.3. The predicted molar refractivity (Wildman–Crippen MR) is 56.8 cm³/mol. The standard InChI is InChI=1S/C11H17FN2O/c1-8(5-7-15-2)10(13)11-9(12)4-3-6-14-11/h3-4,6,8,10H,5,7,13H2,1-2H3. The van der Waals surface area contributed by atoms with Gasteiger partial charge in [-0.05, 0) is 24.5 Å². The van der Waals surface area contributed by atoms with Gasteiger partial charge >= 0.3 is 0 Å². The molecule has 0 bridgehead atoms. The molecule has 0 saturated heterocycles. The molecule has 0 aliphatic carbocycles. The van der Waals surface area contributed by atoms with Crippen molar-refractivity contribution < 1.29 is 9.13 Å². The van der Waals surface area contributed by atoms with E-state index in [1.165, 1.54) is 6.07 Å². The first-order valence-electron chi connectivity index (χ1n) is 5.01. The summed E-state index contributed by atoms with van der Waals surface area (Å²) in [7, 11) is 1.64. The van der Waals surface area contributed by atoms with Crippen LogP contribution in [-0.2, 0) is 4.74 Å². The van der Waals surface area contributed by atoms with Crippen molar-refractivity contribution in [2.24, 2.45) is 11.7 Å². The molecule has 2 N–H and O–H groups in total. The zero-order chi connectivity index (χ0) is 11.3. The lowest BCUT2D eigenvalue weighted by atomic mass is 9.96. The Kier molecular flexibility index (Phi) is 4.65. The fourth-order valence-electron chi connectivity index (χ4n) is 1.40. The Bertz CT molecular complexity index is 306. The van der Waals surface area contributed by atoms with Crippen molar-refractivity contribution in [3.05, 3.63) is 29.8 Å². The molecule has 2 atom stereocenters. The highest BCUT2D eigenvalue weighted by atomic mass is 19.1. The van der Waals surface area contributed by atoms with Crippen LogP contribution in [0.5, 0.6) is 0 Å². The Labute approximate surface area is 89.5 Å². The molecule has 0 amide bonds. The van der Waals surface area contributed by atoms with Gasteiger partial charge in [-0.1, -0.05) is 6.92 Å². The summed E-state index contributed by atoms with van der Waals surface area (Å²) in [5, 5.41) is 0. The van der Waals surface area contributed by atoms with Crippen LogP contribution in [0.25, 0.3) is 0 Å². The molecule has 0 aliphatic rings. The summed E-state index contributed by atoms with van der Waals surface area (Å²) in [6.45, 7) is 2.60. The second kappa shape index (κ2) is 5.78. The predicted octanol–water partition coefficient (Wildman–Crippen LogP) is 1.89. The molecule has 2 unspecified atom stereocenters. The van der Waals surface area contributed by atoms with Gasteiger partial charge in [-0.25, -0.2) is 4.39 Å². The van der Waals surface area contributed by atoms with Gasteiger partial charge in [0.05, 0.1) is 11.7 Å². The number of nitrogens with zero attached hydrogens (tertiary/aromatic N) is 1. The van der Waals surface area contributed by atoms with Crippen LogP contribution in [0.4, 0.5) is 4.39 Å². The minimum atomic E-state index is -0.374. The molecule has 3 nitrogen and oxygen atoms in total. The van der Waals surface area contributed by atoms with E-state index in [2.05, 4.69) is 4.98 Å². The number of pyridine rings is 1. The van der Waals surface area contributed by atoms with E-state index in [0.717, 1.165) is 6.42 Å². The molecule has 4 heteroatoms.